The number of methoxy groups -OCH3 is 1. The van der Waals surface area contributed by atoms with Crippen LogP contribution in [0, 0.1) is 3.57 Å². The second-order valence-corrected chi connectivity index (χ2v) is 6.43. The second-order valence-electron chi connectivity index (χ2n) is 5.18. The van der Waals surface area contributed by atoms with E-state index >= 15 is 0 Å². The Labute approximate surface area is 154 Å². The van der Waals surface area contributed by atoms with Crippen molar-refractivity contribution in [2.24, 2.45) is 0 Å². The van der Waals surface area contributed by atoms with E-state index < -0.39 is 6.10 Å². The molecule has 5 nitrogen and oxygen atoms in total. The Morgan fingerprint density at radius 2 is 1.88 bits per heavy atom. The minimum Gasteiger partial charge on any atom is -0.493 e. The lowest BCUT2D eigenvalue weighted by Crippen LogP contribution is -2.30. The van der Waals surface area contributed by atoms with E-state index in [-0.39, 0.29) is 11.7 Å². The van der Waals surface area contributed by atoms with E-state index in [2.05, 4.69) is 27.9 Å². The summed E-state index contributed by atoms with van der Waals surface area (Å²) in [5.74, 6) is 0.489. The molecular formula is C18H18INO4. The van der Waals surface area contributed by atoms with Gasteiger partial charge in [0.05, 0.1) is 7.11 Å². The van der Waals surface area contributed by atoms with Gasteiger partial charge >= 0.3 is 0 Å². The van der Waals surface area contributed by atoms with Gasteiger partial charge in [-0.1, -0.05) is 6.07 Å². The first-order valence-electron chi connectivity index (χ1n) is 7.32. The number of rotatable bonds is 6. The van der Waals surface area contributed by atoms with Crippen molar-refractivity contribution < 1.29 is 19.1 Å². The molecule has 0 aliphatic carbocycles. The Bertz CT molecular complexity index is 760. The van der Waals surface area contributed by atoms with Gasteiger partial charge in [0.15, 0.2) is 23.4 Å². The molecule has 0 aliphatic rings. The van der Waals surface area contributed by atoms with Crippen LogP contribution in [0.25, 0.3) is 0 Å². The van der Waals surface area contributed by atoms with Crippen molar-refractivity contribution >= 4 is 40.0 Å². The van der Waals surface area contributed by atoms with Crippen molar-refractivity contribution in [3.63, 3.8) is 0 Å². The van der Waals surface area contributed by atoms with Gasteiger partial charge in [-0.15, -0.1) is 0 Å². The number of Topliss-reactive ketones (excluding diaryl/α,β-unsaturated/α-hetero) is 1. The summed E-state index contributed by atoms with van der Waals surface area (Å²) in [7, 11) is 1.49. The summed E-state index contributed by atoms with van der Waals surface area (Å²) in [5, 5.41) is 2.81. The molecule has 2 rings (SSSR count). The number of carbonyl (C=O) groups excluding carboxylic acids is 2. The fourth-order valence-electron chi connectivity index (χ4n) is 2.04. The van der Waals surface area contributed by atoms with Crippen LogP contribution in [0.1, 0.15) is 24.2 Å². The first-order valence-corrected chi connectivity index (χ1v) is 8.40. The van der Waals surface area contributed by atoms with Crippen molar-refractivity contribution in [1.82, 2.24) is 0 Å². The fourth-order valence-corrected chi connectivity index (χ4v) is 2.58. The second kappa shape index (κ2) is 8.14. The highest BCUT2D eigenvalue weighted by molar-refractivity contribution is 14.1. The Hall–Kier alpha value is -2.09. The molecule has 24 heavy (non-hydrogen) atoms. The Morgan fingerprint density at radius 1 is 1.12 bits per heavy atom. The van der Waals surface area contributed by atoms with Crippen LogP contribution in [0.4, 0.5) is 5.69 Å². The number of halogens is 1. The zero-order valence-electron chi connectivity index (χ0n) is 13.6. The SMILES string of the molecule is COc1cc(C(C)=O)ccc1OC(C)C(=O)Nc1cccc(I)c1. The maximum atomic E-state index is 12.3. The number of amides is 1. The van der Waals surface area contributed by atoms with Crippen LogP contribution in [-0.4, -0.2) is 24.9 Å². The van der Waals surface area contributed by atoms with Crippen LogP contribution in [0.15, 0.2) is 42.5 Å². The van der Waals surface area contributed by atoms with Crippen LogP contribution in [-0.2, 0) is 4.79 Å². The Balaban J connectivity index is 2.09. The predicted molar refractivity (Wildman–Crippen MR) is 101 cm³/mol. The number of anilines is 1. The third-order valence-electron chi connectivity index (χ3n) is 3.34. The maximum Gasteiger partial charge on any atom is 0.265 e. The largest absolute Gasteiger partial charge is 0.493 e. The van der Waals surface area contributed by atoms with Crippen LogP contribution in [0.5, 0.6) is 11.5 Å². The molecule has 1 N–H and O–H groups in total. The highest BCUT2D eigenvalue weighted by Gasteiger charge is 2.18. The lowest BCUT2D eigenvalue weighted by molar-refractivity contribution is -0.122. The summed E-state index contributed by atoms with van der Waals surface area (Å²) < 4.78 is 12.0. The molecule has 6 heteroatoms. The Kier molecular flexibility index (Phi) is 6.19. The summed E-state index contributed by atoms with van der Waals surface area (Å²) in [6, 6.07) is 12.4. The molecule has 1 atom stereocenters. The molecule has 0 saturated heterocycles. The molecule has 1 amide bonds. The van der Waals surface area contributed by atoms with E-state index in [1.54, 1.807) is 25.1 Å². The molecule has 0 spiro atoms. The normalized spacial score (nSPS) is 11.5. The number of ether oxygens (including phenoxy) is 2. The zero-order chi connectivity index (χ0) is 17.7. The van der Waals surface area contributed by atoms with Gasteiger partial charge in [0.25, 0.3) is 5.91 Å². The molecule has 0 bridgehead atoms. The van der Waals surface area contributed by atoms with Crippen molar-refractivity contribution in [3.05, 3.63) is 51.6 Å². The minimum atomic E-state index is -0.722. The first-order chi connectivity index (χ1) is 11.4. The zero-order valence-corrected chi connectivity index (χ0v) is 15.8. The maximum absolute atomic E-state index is 12.3. The number of hydrogen-bond acceptors (Lipinski definition) is 4. The van der Waals surface area contributed by atoms with E-state index in [4.69, 9.17) is 9.47 Å². The van der Waals surface area contributed by atoms with E-state index in [9.17, 15) is 9.59 Å². The highest BCUT2D eigenvalue weighted by Crippen LogP contribution is 2.29. The van der Waals surface area contributed by atoms with E-state index in [0.29, 0.717) is 22.7 Å². The number of nitrogens with one attached hydrogen (secondary N) is 1. The molecule has 0 saturated carbocycles. The van der Waals surface area contributed by atoms with Crippen molar-refractivity contribution in [2.45, 2.75) is 20.0 Å². The molecule has 1 unspecified atom stereocenters. The van der Waals surface area contributed by atoms with Crippen LogP contribution in [0.3, 0.4) is 0 Å². The van der Waals surface area contributed by atoms with Crippen LogP contribution >= 0.6 is 22.6 Å². The van der Waals surface area contributed by atoms with Crippen LogP contribution < -0.4 is 14.8 Å². The van der Waals surface area contributed by atoms with Gasteiger partial charge in [-0.2, -0.15) is 0 Å². The molecule has 2 aromatic rings. The van der Waals surface area contributed by atoms with Gasteiger partial charge in [-0.25, -0.2) is 0 Å². The van der Waals surface area contributed by atoms with Crippen molar-refractivity contribution in [1.29, 1.82) is 0 Å². The average Bonchev–Trinajstić information content (AvgIpc) is 2.54. The molecule has 2 aromatic carbocycles. The number of benzene rings is 2. The quantitative estimate of drug-likeness (QED) is 0.548. The summed E-state index contributed by atoms with van der Waals surface area (Å²) in [5.41, 5.74) is 1.23. The number of carbonyl (C=O) groups is 2. The van der Waals surface area contributed by atoms with Crippen LogP contribution in [0.2, 0.25) is 0 Å². The van der Waals surface area contributed by atoms with Gasteiger partial charge in [0, 0.05) is 14.8 Å². The van der Waals surface area contributed by atoms with Gasteiger partial charge < -0.3 is 14.8 Å². The first kappa shape index (κ1) is 18.3. The average molecular weight is 439 g/mol. The van der Waals surface area contributed by atoms with Gasteiger partial charge in [0.1, 0.15) is 0 Å². The standard InChI is InChI=1S/C18H18INO4/c1-11(21)13-7-8-16(17(9-13)23-3)24-12(2)18(22)20-15-6-4-5-14(19)10-15/h4-10,12H,1-3H3,(H,20,22). The smallest absolute Gasteiger partial charge is 0.265 e. The summed E-state index contributed by atoms with van der Waals surface area (Å²) in [6.07, 6.45) is -0.722. The summed E-state index contributed by atoms with van der Waals surface area (Å²) in [4.78, 5) is 23.7. The Morgan fingerprint density at radius 3 is 2.50 bits per heavy atom. The fraction of sp³-hybridized carbons (Fsp3) is 0.222. The van der Waals surface area contributed by atoms with E-state index in [0.717, 1.165) is 3.57 Å². The molecule has 0 radical (unpaired) electrons. The van der Waals surface area contributed by atoms with E-state index in [1.165, 1.54) is 14.0 Å². The van der Waals surface area contributed by atoms with E-state index in [1.807, 2.05) is 24.3 Å². The number of hydrogen-bond donors (Lipinski definition) is 1. The molecule has 0 aromatic heterocycles. The van der Waals surface area contributed by atoms with Crippen molar-refractivity contribution in [2.75, 3.05) is 12.4 Å². The van der Waals surface area contributed by atoms with Crippen molar-refractivity contribution in [3.8, 4) is 11.5 Å². The minimum absolute atomic E-state index is 0.0654. The lowest BCUT2D eigenvalue weighted by Gasteiger charge is -2.17. The lowest BCUT2D eigenvalue weighted by atomic mass is 10.1. The molecule has 0 aliphatic heterocycles. The monoisotopic (exact) mass is 439 g/mol. The molecule has 126 valence electrons. The summed E-state index contributed by atoms with van der Waals surface area (Å²) >= 11 is 2.18. The highest BCUT2D eigenvalue weighted by atomic mass is 127. The van der Waals surface area contributed by atoms with Gasteiger partial charge in [-0.05, 0) is 72.8 Å². The molecule has 0 fully saturated rings. The molecule has 0 heterocycles. The third-order valence-corrected chi connectivity index (χ3v) is 4.01. The topological polar surface area (TPSA) is 64.6 Å². The molecular weight excluding hydrogens is 421 g/mol. The van der Waals surface area contributed by atoms with Gasteiger partial charge in [-0.3, -0.25) is 9.59 Å². The van der Waals surface area contributed by atoms with Gasteiger partial charge in [0.2, 0.25) is 0 Å². The number of ketones is 1. The third kappa shape index (κ3) is 4.70. The summed E-state index contributed by atoms with van der Waals surface area (Å²) in [6.45, 7) is 3.13. The predicted octanol–water partition coefficient (Wildman–Crippen LogP) is 3.91.